The van der Waals surface area contributed by atoms with Crippen molar-refractivity contribution in [1.29, 1.82) is 0 Å². The first-order valence-corrected chi connectivity index (χ1v) is 7.51. The molecule has 106 valence electrons. The minimum absolute atomic E-state index is 0.162. The largest absolute Gasteiger partial charge is 0.367 e. The molecular weight excluding hydrogens is 280 g/mol. The summed E-state index contributed by atoms with van der Waals surface area (Å²) in [4.78, 5) is 11.8. The zero-order valence-electron chi connectivity index (χ0n) is 11.1. The molecule has 2 rings (SSSR count). The number of nitrogens with zero attached hydrogens (tertiary/aromatic N) is 4. The first-order chi connectivity index (χ1) is 9.44. The molecule has 0 aliphatic carbocycles. The van der Waals surface area contributed by atoms with E-state index in [0.29, 0.717) is 6.54 Å². The molecule has 0 amide bonds. The normalized spacial score (nSPS) is 12.1. The molecule has 0 atom stereocenters. The summed E-state index contributed by atoms with van der Waals surface area (Å²) in [6.07, 6.45) is 1.09. The molecule has 20 heavy (non-hydrogen) atoms. The van der Waals surface area contributed by atoms with Crippen LogP contribution in [0.1, 0.15) is 12.5 Å². The third kappa shape index (κ3) is 2.85. The van der Waals surface area contributed by atoms with Crippen molar-refractivity contribution in [2.75, 3.05) is 0 Å². The second-order valence-corrected chi connectivity index (χ2v) is 6.00. The van der Waals surface area contributed by atoms with Gasteiger partial charge in [-0.15, -0.1) is 0 Å². The summed E-state index contributed by atoms with van der Waals surface area (Å²) in [7, 11) is -3.61. The Kier molecular flexibility index (Phi) is 3.84. The van der Waals surface area contributed by atoms with Crippen molar-refractivity contribution < 1.29 is 8.42 Å². The highest BCUT2D eigenvalue weighted by Gasteiger charge is 2.10. The van der Waals surface area contributed by atoms with Crippen LogP contribution in [-0.4, -0.2) is 28.2 Å². The molecule has 0 unspecified atom stereocenters. The van der Waals surface area contributed by atoms with Crippen molar-refractivity contribution in [3.8, 4) is 0 Å². The van der Waals surface area contributed by atoms with E-state index >= 15 is 0 Å². The number of benzene rings is 1. The zero-order chi connectivity index (χ0) is 14.8. The lowest BCUT2D eigenvalue weighted by atomic mass is 10.2. The summed E-state index contributed by atoms with van der Waals surface area (Å²) in [5.74, 6) is 0. The molecular formula is C12H14N4O3S. The minimum atomic E-state index is -3.61. The van der Waals surface area contributed by atoms with Gasteiger partial charge in [0.05, 0.1) is 10.3 Å². The smallest absolute Gasteiger partial charge is 0.244 e. The van der Waals surface area contributed by atoms with Gasteiger partial charge in [-0.05, 0) is 36.4 Å². The van der Waals surface area contributed by atoms with Gasteiger partial charge in [-0.1, -0.05) is 17.7 Å². The van der Waals surface area contributed by atoms with E-state index in [9.17, 15) is 13.2 Å². The molecule has 1 aromatic heterocycles. The zero-order valence-corrected chi connectivity index (χ0v) is 11.9. The van der Waals surface area contributed by atoms with Crippen molar-refractivity contribution in [2.24, 2.45) is 0 Å². The fourth-order valence-electron chi connectivity index (χ4n) is 1.52. The first-order valence-electron chi connectivity index (χ1n) is 5.96. The Balaban J connectivity index is 2.32. The van der Waals surface area contributed by atoms with Crippen molar-refractivity contribution in [3.05, 3.63) is 45.7 Å². The summed E-state index contributed by atoms with van der Waals surface area (Å²) in [6, 6.07) is 6.45. The second kappa shape index (κ2) is 5.41. The van der Waals surface area contributed by atoms with Gasteiger partial charge in [-0.3, -0.25) is 0 Å². The monoisotopic (exact) mass is 294 g/mol. The number of aromatic nitrogens is 4. The molecule has 2 aromatic rings. The molecule has 0 aliphatic rings. The van der Waals surface area contributed by atoms with E-state index in [4.69, 9.17) is 0 Å². The summed E-state index contributed by atoms with van der Waals surface area (Å²) < 4.78 is 26.1. The van der Waals surface area contributed by atoms with Gasteiger partial charge >= 0.3 is 5.69 Å². The highest BCUT2D eigenvalue weighted by molar-refractivity contribution is 7.94. The Labute approximate surface area is 116 Å². The molecule has 8 heteroatoms. The van der Waals surface area contributed by atoms with E-state index in [0.717, 1.165) is 26.5 Å². The number of rotatable bonds is 4. The van der Waals surface area contributed by atoms with E-state index in [1.807, 2.05) is 6.92 Å². The second-order valence-electron chi connectivity index (χ2n) is 4.17. The van der Waals surface area contributed by atoms with E-state index in [-0.39, 0.29) is 4.90 Å². The Bertz CT molecular complexity index is 785. The molecule has 0 N–H and O–H groups in total. The summed E-state index contributed by atoms with van der Waals surface area (Å²) >= 11 is 0. The molecule has 0 bridgehead atoms. The Morgan fingerprint density at radius 1 is 1.20 bits per heavy atom. The van der Waals surface area contributed by atoms with E-state index in [1.165, 1.54) is 12.1 Å². The first kappa shape index (κ1) is 14.2. The number of hydrogen-bond acceptors (Lipinski definition) is 5. The topological polar surface area (TPSA) is 86.8 Å². The maximum atomic E-state index is 12.0. The van der Waals surface area contributed by atoms with Crippen molar-refractivity contribution >= 4 is 16.0 Å². The standard InChI is InChI=1S/C12H14N4O3S/c1-3-15-12(17)16(14-13-15)8-9-20(18,19)11-6-4-10(2)5-7-11/h4-9H,3H2,1-2H3/b9-8+. The van der Waals surface area contributed by atoms with E-state index in [1.54, 1.807) is 19.1 Å². The van der Waals surface area contributed by atoms with Gasteiger partial charge in [0.2, 0.25) is 9.84 Å². The third-order valence-electron chi connectivity index (χ3n) is 2.69. The average molecular weight is 294 g/mol. The fraction of sp³-hybridized carbons (Fsp3) is 0.250. The Morgan fingerprint density at radius 3 is 2.40 bits per heavy atom. The molecule has 0 aliphatic heterocycles. The fourth-order valence-corrected chi connectivity index (χ4v) is 2.47. The minimum Gasteiger partial charge on any atom is -0.244 e. The number of hydrogen-bond donors (Lipinski definition) is 0. The van der Waals surface area contributed by atoms with Gasteiger partial charge in [0.15, 0.2) is 0 Å². The molecule has 0 spiro atoms. The lowest BCUT2D eigenvalue weighted by Gasteiger charge is -1.99. The number of sulfone groups is 1. The van der Waals surface area contributed by atoms with Gasteiger partial charge in [0, 0.05) is 12.7 Å². The Hall–Kier alpha value is -2.22. The van der Waals surface area contributed by atoms with Crippen LogP contribution in [-0.2, 0) is 16.4 Å². The lowest BCUT2D eigenvalue weighted by molar-refractivity contribution is 0.604. The van der Waals surface area contributed by atoms with Crippen LogP contribution in [0.3, 0.4) is 0 Å². The van der Waals surface area contributed by atoms with Crippen molar-refractivity contribution in [3.63, 3.8) is 0 Å². The summed E-state index contributed by atoms with van der Waals surface area (Å²) in [5.41, 5.74) is 0.484. The third-order valence-corrected chi connectivity index (χ3v) is 4.10. The van der Waals surface area contributed by atoms with E-state index < -0.39 is 15.5 Å². The molecule has 7 nitrogen and oxygen atoms in total. The van der Waals surface area contributed by atoms with Gasteiger partial charge in [0.1, 0.15) is 0 Å². The lowest BCUT2D eigenvalue weighted by Crippen LogP contribution is -2.22. The van der Waals surface area contributed by atoms with Gasteiger partial charge in [-0.25, -0.2) is 13.2 Å². The van der Waals surface area contributed by atoms with Crippen LogP contribution < -0.4 is 5.69 Å². The predicted octanol–water partition coefficient (Wildman–Crippen LogP) is 0.670. The summed E-state index contributed by atoms with van der Waals surface area (Å²) in [5, 5.41) is 8.09. The van der Waals surface area contributed by atoms with Crippen LogP contribution >= 0.6 is 0 Å². The number of aryl methyl sites for hydroxylation is 2. The molecule has 0 fully saturated rings. The van der Waals surface area contributed by atoms with Crippen LogP contribution in [0.15, 0.2) is 39.4 Å². The number of tetrazole rings is 1. The van der Waals surface area contributed by atoms with Gasteiger partial charge < -0.3 is 0 Å². The molecule has 1 aromatic carbocycles. The molecule has 0 radical (unpaired) electrons. The SMILES string of the molecule is CCn1nnn(/C=C/S(=O)(=O)c2ccc(C)cc2)c1=O. The van der Waals surface area contributed by atoms with Crippen molar-refractivity contribution in [1.82, 2.24) is 19.8 Å². The van der Waals surface area contributed by atoms with Crippen LogP contribution in [0.25, 0.3) is 6.20 Å². The van der Waals surface area contributed by atoms with Crippen molar-refractivity contribution in [2.45, 2.75) is 25.3 Å². The van der Waals surface area contributed by atoms with Crippen LogP contribution in [0.5, 0.6) is 0 Å². The van der Waals surface area contributed by atoms with E-state index in [2.05, 4.69) is 10.4 Å². The maximum Gasteiger partial charge on any atom is 0.367 e. The quantitative estimate of drug-likeness (QED) is 0.827. The Morgan fingerprint density at radius 2 is 1.85 bits per heavy atom. The van der Waals surface area contributed by atoms with Crippen LogP contribution in [0.4, 0.5) is 0 Å². The molecule has 0 saturated carbocycles. The summed E-state index contributed by atoms with van der Waals surface area (Å²) in [6.45, 7) is 3.99. The molecule has 1 heterocycles. The van der Waals surface area contributed by atoms with Crippen LogP contribution in [0.2, 0.25) is 0 Å². The molecule has 0 saturated heterocycles. The average Bonchev–Trinajstić information content (AvgIpc) is 2.77. The highest BCUT2D eigenvalue weighted by atomic mass is 32.2. The van der Waals surface area contributed by atoms with Crippen LogP contribution in [0, 0.1) is 6.92 Å². The highest BCUT2D eigenvalue weighted by Crippen LogP contribution is 2.13. The van der Waals surface area contributed by atoms with Gasteiger partial charge in [0.25, 0.3) is 0 Å². The van der Waals surface area contributed by atoms with Gasteiger partial charge in [-0.2, -0.15) is 9.36 Å². The maximum absolute atomic E-state index is 12.0. The predicted molar refractivity (Wildman–Crippen MR) is 73.7 cm³/mol.